The Kier molecular flexibility index (Phi) is 6.65. The van der Waals surface area contributed by atoms with Crippen LogP contribution in [0.1, 0.15) is 36.8 Å². The van der Waals surface area contributed by atoms with E-state index in [2.05, 4.69) is 9.88 Å². The highest BCUT2D eigenvalue weighted by atomic mass is 16.6. The first-order valence-electron chi connectivity index (χ1n) is 11.5. The van der Waals surface area contributed by atoms with Crippen LogP contribution < -0.4 is 0 Å². The first-order valence-corrected chi connectivity index (χ1v) is 11.5. The van der Waals surface area contributed by atoms with Crippen LogP contribution in [0.2, 0.25) is 0 Å². The first kappa shape index (κ1) is 24.1. The number of aliphatic hydroxyl groups excluding tert-OH is 1. The van der Waals surface area contributed by atoms with E-state index in [0.29, 0.717) is 29.1 Å². The van der Waals surface area contributed by atoms with Gasteiger partial charge in [0.1, 0.15) is 11.3 Å². The number of non-ortho nitro benzene ring substituents is 1. The predicted molar refractivity (Wildman–Crippen MR) is 130 cm³/mol. The molecule has 0 bridgehead atoms. The van der Waals surface area contributed by atoms with E-state index in [4.69, 9.17) is 0 Å². The standard InChI is InChI=1S/C25H27N5O5/c1-4-27(5-2)13-14-29-22(17-9-8-10-18(15-17)30(34)35)20(24(32)25(29)33)23(31)21-16(3)26-19-11-6-7-12-28(19)21/h6-12,15,22,31H,4-5,13-14H2,1-3H3/b23-20+/t22-/m0/s1. The maximum absolute atomic E-state index is 13.3. The Morgan fingerprint density at radius 1 is 1.17 bits per heavy atom. The van der Waals surface area contributed by atoms with Gasteiger partial charge in [-0.3, -0.25) is 24.1 Å². The number of Topliss-reactive ketones (excluding diaryl/α,β-unsaturated/α-hetero) is 1. The highest BCUT2D eigenvalue weighted by Gasteiger charge is 2.46. The molecule has 1 saturated heterocycles. The number of aromatic nitrogens is 2. The first-order chi connectivity index (χ1) is 16.8. The molecule has 35 heavy (non-hydrogen) atoms. The van der Waals surface area contributed by atoms with Crippen LogP contribution in [0.5, 0.6) is 0 Å². The van der Waals surface area contributed by atoms with E-state index in [-0.39, 0.29) is 23.6 Å². The molecule has 0 saturated carbocycles. The van der Waals surface area contributed by atoms with Crippen molar-refractivity contribution < 1.29 is 19.6 Å². The van der Waals surface area contributed by atoms with Gasteiger partial charge in [0.05, 0.1) is 22.2 Å². The Labute approximate surface area is 202 Å². The lowest BCUT2D eigenvalue weighted by Crippen LogP contribution is -2.38. The Balaban J connectivity index is 1.91. The Morgan fingerprint density at radius 2 is 1.91 bits per heavy atom. The van der Waals surface area contributed by atoms with Crippen LogP contribution in [0.3, 0.4) is 0 Å². The molecular weight excluding hydrogens is 450 g/mol. The fraction of sp³-hybridized carbons (Fsp3) is 0.320. The number of likely N-dealkylation sites (tertiary alicyclic amines) is 1. The Hall–Kier alpha value is -4.05. The van der Waals surface area contributed by atoms with Gasteiger partial charge >= 0.3 is 0 Å². The molecular formula is C25H27N5O5. The molecule has 1 aliphatic rings. The Morgan fingerprint density at radius 3 is 2.60 bits per heavy atom. The summed E-state index contributed by atoms with van der Waals surface area (Å²) in [6, 6.07) is 10.2. The lowest BCUT2D eigenvalue weighted by molar-refractivity contribution is -0.384. The minimum absolute atomic E-state index is 0.108. The van der Waals surface area contributed by atoms with E-state index in [0.717, 1.165) is 13.1 Å². The molecule has 0 unspecified atom stereocenters. The molecule has 1 N–H and O–H groups in total. The highest BCUT2D eigenvalue weighted by molar-refractivity contribution is 6.46. The second-order valence-corrected chi connectivity index (χ2v) is 8.35. The lowest BCUT2D eigenvalue weighted by atomic mass is 9.96. The van der Waals surface area contributed by atoms with Crippen LogP contribution in [0.4, 0.5) is 5.69 Å². The molecule has 3 heterocycles. The van der Waals surface area contributed by atoms with E-state index in [1.807, 2.05) is 13.8 Å². The molecule has 1 aromatic carbocycles. The zero-order valence-electron chi connectivity index (χ0n) is 19.8. The van der Waals surface area contributed by atoms with Crippen molar-refractivity contribution in [3.63, 3.8) is 0 Å². The molecule has 10 nitrogen and oxygen atoms in total. The van der Waals surface area contributed by atoms with Gasteiger partial charge in [0.15, 0.2) is 5.76 Å². The molecule has 0 radical (unpaired) electrons. The van der Waals surface area contributed by atoms with Crippen LogP contribution in [0, 0.1) is 17.0 Å². The van der Waals surface area contributed by atoms with Crippen molar-refractivity contribution in [3.05, 3.63) is 81.3 Å². The number of hydrogen-bond acceptors (Lipinski definition) is 7. The van der Waals surface area contributed by atoms with E-state index >= 15 is 0 Å². The molecule has 1 amide bonds. The number of nitrogens with zero attached hydrogens (tertiary/aromatic N) is 5. The van der Waals surface area contributed by atoms with Crippen LogP contribution >= 0.6 is 0 Å². The third-order valence-electron chi connectivity index (χ3n) is 6.42. The summed E-state index contributed by atoms with van der Waals surface area (Å²) >= 11 is 0. The van der Waals surface area contributed by atoms with Crippen LogP contribution in [0.15, 0.2) is 54.2 Å². The summed E-state index contributed by atoms with van der Waals surface area (Å²) in [5, 5.41) is 22.9. The van der Waals surface area contributed by atoms with Gasteiger partial charge in [0.2, 0.25) is 0 Å². The van der Waals surface area contributed by atoms with Gasteiger partial charge in [0.25, 0.3) is 17.4 Å². The van der Waals surface area contributed by atoms with Crippen molar-refractivity contribution in [1.82, 2.24) is 19.2 Å². The van der Waals surface area contributed by atoms with Crippen molar-refractivity contribution in [1.29, 1.82) is 0 Å². The number of fused-ring (bicyclic) bond motifs is 1. The molecule has 1 aliphatic heterocycles. The normalized spacial score (nSPS) is 17.6. The van der Waals surface area contributed by atoms with Crippen molar-refractivity contribution in [2.24, 2.45) is 0 Å². The molecule has 2 aromatic heterocycles. The molecule has 1 atom stereocenters. The summed E-state index contributed by atoms with van der Waals surface area (Å²) in [7, 11) is 0. The minimum Gasteiger partial charge on any atom is -0.505 e. The van der Waals surface area contributed by atoms with Crippen molar-refractivity contribution >= 4 is 28.8 Å². The number of aryl methyl sites for hydroxylation is 1. The summed E-state index contributed by atoms with van der Waals surface area (Å²) in [6.45, 7) is 7.99. The average Bonchev–Trinajstić information content (AvgIpc) is 3.32. The number of likely N-dealkylation sites (N-methyl/N-ethyl adjacent to an activating group) is 1. The van der Waals surface area contributed by atoms with Crippen LogP contribution in [0.25, 0.3) is 11.4 Å². The molecule has 0 aliphatic carbocycles. The summed E-state index contributed by atoms with van der Waals surface area (Å²) in [5.41, 5.74) is 1.48. The molecule has 3 aromatic rings. The van der Waals surface area contributed by atoms with Gasteiger partial charge in [0, 0.05) is 31.4 Å². The quantitative estimate of drug-likeness (QED) is 0.174. The monoisotopic (exact) mass is 477 g/mol. The topological polar surface area (TPSA) is 121 Å². The van der Waals surface area contributed by atoms with Gasteiger partial charge in [-0.1, -0.05) is 32.0 Å². The number of nitro benzene ring substituents is 1. The second kappa shape index (κ2) is 9.67. The number of carbonyl (C=O) groups excluding carboxylic acids is 2. The number of rotatable bonds is 8. The third-order valence-corrected chi connectivity index (χ3v) is 6.42. The smallest absolute Gasteiger partial charge is 0.295 e. The molecule has 182 valence electrons. The van der Waals surface area contributed by atoms with Crippen molar-refractivity contribution in [3.8, 4) is 0 Å². The summed E-state index contributed by atoms with van der Waals surface area (Å²) in [6.07, 6.45) is 1.71. The van der Waals surface area contributed by atoms with Gasteiger partial charge in [-0.2, -0.15) is 0 Å². The van der Waals surface area contributed by atoms with Gasteiger partial charge in [-0.15, -0.1) is 0 Å². The second-order valence-electron chi connectivity index (χ2n) is 8.35. The van der Waals surface area contributed by atoms with E-state index in [1.165, 1.54) is 23.1 Å². The Bertz CT molecular complexity index is 1340. The SMILES string of the molecule is CCN(CC)CCN1C(=O)C(=O)/C(=C(/O)c2c(C)nc3ccccn23)[C@@H]1c1cccc([N+](=O)[O-])c1. The number of imidazole rings is 1. The number of carbonyl (C=O) groups is 2. The zero-order valence-corrected chi connectivity index (χ0v) is 19.8. The summed E-state index contributed by atoms with van der Waals surface area (Å²) in [5.74, 6) is -1.94. The zero-order chi connectivity index (χ0) is 25.3. The van der Waals surface area contributed by atoms with E-state index < -0.39 is 22.7 Å². The number of ketones is 1. The maximum Gasteiger partial charge on any atom is 0.295 e. The summed E-state index contributed by atoms with van der Waals surface area (Å²) < 4.78 is 1.65. The predicted octanol–water partition coefficient (Wildman–Crippen LogP) is 3.31. The number of benzene rings is 1. The van der Waals surface area contributed by atoms with Gasteiger partial charge in [-0.05, 0) is 37.7 Å². The van der Waals surface area contributed by atoms with Gasteiger partial charge in [-0.25, -0.2) is 4.98 Å². The minimum atomic E-state index is -0.973. The molecule has 10 heteroatoms. The number of pyridine rings is 1. The number of nitro groups is 1. The number of aliphatic hydroxyl groups is 1. The summed E-state index contributed by atoms with van der Waals surface area (Å²) in [4.78, 5) is 45.4. The maximum atomic E-state index is 13.3. The van der Waals surface area contributed by atoms with Crippen LogP contribution in [-0.2, 0) is 9.59 Å². The van der Waals surface area contributed by atoms with Crippen LogP contribution in [-0.4, -0.2) is 67.1 Å². The van der Waals surface area contributed by atoms with E-state index in [9.17, 15) is 24.8 Å². The largest absolute Gasteiger partial charge is 0.505 e. The van der Waals surface area contributed by atoms with E-state index in [1.54, 1.807) is 41.8 Å². The number of hydrogen-bond donors (Lipinski definition) is 1. The molecule has 4 rings (SSSR count). The number of amides is 1. The van der Waals surface area contributed by atoms with Crippen molar-refractivity contribution in [2.45, 2.75) is 26.8 Å². The fourth-order valence-electron chi connectivity index (χ4n) is 4.58. The molecule has 1 fully saturated rings. The molecule has 0 spiro atoms. The highest BCUT2D eigenvalue weighted by Crippen LogP contribution is 2.40. The van der Waals surface area contributed by atoms with Crippen molar-refractivity contribution in [2.75, 3.05) is 26.2 Å². The van der Waals surface area contributed by atoms with Gasteiger partial charge < -0.3 is 14.9 Å². The fourth-order valence-corrected chi connectivity index (χ4v) is 4.58. The lowest BCUT2D eigenvalue weighted by Gasteiger charge is -2.28. The average molecular weight is 478 g/mol. The third kappa shape index (κ3) is 4.28.